The van der Waals surface area contributed by atoms with Crippen LogP contribution < -0.4 is 0 Å². The van der Waals surface area contributed by atoms with Gasteiger partial charge in [0.2, 0.25) is 0 Å². The third-order valence-corrected chi connectivity index (χ3v) is 24.3. The Morgan fingerprint density at radius 1 is 0.274 bits per heavy atom. The van der Waals surface area contributed by atoms with E-state index < -0.39 is 0 Å². The van der Waals surface area contributed by atoms with Gasteiger partial charge in [0.05, 0.1) is 45.2 Å². The highest BCUT2D eigenvalue weighted by Crippen LogP contribution is 2.58. The monoisotopic (exact) mass is 1390 g/mol. The van der Waals surface area contributed by atoms with Crippen LogP contribution in [0.15, 0.2) is 182 Å². The average molecular weight is 1400 g/mol. The van der Waals surface area contributed by atoms with Gasteiger partial charge in [0, 0.05) is 66.3 Å². The number of aryl methyl sites for hydroxylation is 2. The Bertz CT molecular complexity index is 5010. The zero-order chi connectivity index (χ0) is 72.4. The minimum absolute atomic E-state index is 0.100. The summed E-state index contributed by atoms with van der Waals surface area (Å²) in [6.45, 7) is 13.7. The van der Waals surface area contributed by atoms with Crippen molar-refractivity contribution in [1.82, 2.24) is 29.9 Å². The molecule has 106 heavy (non-hydrogen) atoms. The number of aromatic amines is 2. The van der Waals surface area contributed by atoms with E-state index in [2.05, 4.69) is 258 Å². The van der Waals surface area contributed by atoms with Crippen LogP contribution in [0.2, 0.25) is 0 Å². The predicted molar refractivity (Wildman–Crippen MR) is 453 cm³/mol. The second-order valence-corrected chi connectivity index (χ2v) is 31.4. The maximum Gasteiger partial charge on any atom is 0.0977 e. The van der Waals surface area contributed by atoms with E-state index >= 15 is 0 Å². The Balaban J connectivity index is 0.972. The molecule has 6 heteroatoms. The van der Waals surface area contributed by atoms with E-state index in [9.17, 15) is 0 Å². The van der Waals surface area contributed by atoms with Crippen molar-refractivity contribution in [1.29, 1.82) is 0 Å². The molecule has 7 aromatic carbocycles. The number of H-pyrrole nitrogens is 2. The summed E-state index contributed by atoms with van der Waals surface area (Å²) < 4.78 is 0. The van der Waals surface area contributed by atoms with Gasteiger partial charge < -0.3 is 9.97 Å². The van der Waals surface area contributed by atoms with Crippen LogP contribution in [0.4, 0.5) is 0 Å². The fourth-order valence-electron chi connectivity index (χ4n) is 18.7. The Kier molecular flexibility index (Phi) is 22.5. The molecule has 11 aromatic rings. The lowest BCUT2D eigenvalue weighted by molar-refractivity contribution is 0.398. The molecule has 0 saturated carbocycles. The summed E-state index contributed by atoms with van der Waals surface area (Å²) in [7, 11) is 0. The van der Waals surface area contributed by atoms with Crippen molar-refractivity contribution in [2.45, 2.75) is 232 Å². The molecule has 6 heterocycles. The van der Waals surface area contributed by atoms with Crippen LogP contribution in [0.25, 0.3) is 136 Å². The molecule has 2 aliphatic carbocycles. The number of fused-ring (bicyclic) bond motifs is 15. The molecular formula is C100H110N6. The average Bonchev–Trinajstić information content (AvgIpc) is 1.53. The topological polar surface area (TPSA) is 83.1 Å². The minimum atomic E-state index is -0.100. The van der Waals surface area contributed by atoms with Crippen molar-refractivity contribution < 1.29 is 0 Å². The number of unbranched alkanes of at least 4 members (excludes halogenated alkanes) is 20. The normalized spacial score (nSPS) is 13.6. The summed E-state index contributed by atoms with van der Waals surface area (Å²) in [5.41, 5.74) is 33.0. The molecule has 15 rings (SSSR count). The number of hydrogen-bond acceptors (Lipinski definition) is 4. The van der Waals surface area contributed by atoms with Crippen molar-refractivity contribution in [3.05, 3.63) is 238 Å². The van der Waals surface area contributed by atoms with Gasteiger partial charge in [-0.1, -0.05) is 327 Å². The minimum Gasteiger partial charge on any atom is -0.355 e. The van der Waals surface area contributed by atoms with Gasteiger partial charge in [-0.15, -0.1) is 0 Å². The Morgan fingerprint density at radius 2 is 0.623 bits per heavy atom. The third-order valence-electron chi connectivity index (χ3n) is 24.3. The second kappa shape index (κ2) is 33.1. The summed E-state index contributed by atoms with van der Waals surface area (Å²) in [5.74, 6) is 0. The Labute approximate surface area is 631 Å². The van der Waals surface area contributed by atoms with E-state index in [0.717, 1.165) is 137 Å². The molecule has 0 amide bonds. The van der Waals surface area contributed by atoms with E-state index in [4.69, 9.17) is 19.9 Å². The summed E-state index contributed by atoms with van der Waals surface area (Å²) in [5, 5.41) is 0. The van der Waals surface area contributed by atoms with Gasteiger partial charge in [-0.3, -0.25) is 0 Å². The molecule has 2 N–H and O–H groups in total. The molecule has 2 aliphatic heterocycles. The molecule has 0 fully saturated rings. The largest absolute Gasteiger partial charge is 0.355 e. The van der Waals surface area contributed by atoms with Gasteiger partial charge in [0.25, 0.3) is 0 Å². The van der Waals surface area contributed by atoms with E-state index in [1.54, 1.807) is 0 Å². The first kappa shape index (κ1) is 72.1. The summed E-state index contributed by atoms with van der Waals surface area (Å²) >= 11 is 0. The van der Waals surface area contributed by atoms with E-state index in [0.29, 0.717) is 0 Å². The summed E-state index contributed by atoms with van der Waals surface area (Å²) in [4.78, 5) is 31.7. The number of nitrogens with zero attached hydrogens (tertiary/aromatic N) is 4. The molecule has 6 nitrogen and oxygen atoms in total. The molecule has 0 atom stereocenters. The van der Waals surface area contributed by atoms with E-state index in [-0.39, 0.29) is 10.8 Å². The van der Waals surface area contributed by atoms with Crippen molar-refractivity contribution >= 4 is 57.4 Å². The van der Waals surface area contributed by atoms with Crippen LogP contribution in [-0.4, -0.2) is 29.9 Å². The fraction of sp³-hybridized carbons (Fsp3) is 0.360. The maximum atomic E-state index is 6.02. The number of aromatic nitrogens is 6. The SMILES string of the molecule is CCCCCCCCC1(CCCCCCCC)c2ccccc2-c2ccc(-c3c4nc(c(-c5ccc(C)c6nc(-c7ccccc7)c(-c7ccccc7)nc56)c5ccc([nH]5)c(-c5ccc6c(c5)C(CCCCCCCC)(CCCCCCCC)c5ccccc5-6)c5nc(c(C)c6ccc3[nH]6)C=C5)C=C4)cc21. The van der Waals surface area contributed by atoms with Gasteiger partial charge in [-0.25, -0.2) is 19.9 Å². The van der Waals surface area contributed by atoms with Crippen LogP contribution in [0, 0.1) is 13.8 Å². The quantitative estimate of drug-likeness (QED) is 0.0402. The third kappa shape index (κ3) is 14.4. The first-order valence-corrected chi connectivity index (χ1v) is 41.3. The number of nitrogens with one attached hydrogen (secondary N) is 2. The highest BCUT2D eigenvalue weighted by molar-refractivity contribution is 6.05. The van der Waals surface area contributed by atoms with Crippen LogP contribution in [-0.2, 0) is 10.8 Å². The highest BCUT2D eigenvalue weighted by Gasteiger charge is 2.44. The molecule has 0 saturated heterocycles. The number of benzene rings is 7. The second-order valence-electron chi connectivity index (χ2n) is 31.4. The van der Waals surface area contributed by atoms with Crippen LogP contribution in [0.1, 0.15) is 264 Å². The highest BCUT2D eigenvalue weighted by atomic mass is 14.8. The Hall–Kier alpha value is -9.52. The number of rotatable bonds is 33. The van der Waals surface area contributed by atoms with Crippen molar-refractivity contribution in [2.75, 3.05) is 0 Å². The van der Waals surface area contributed by atoms with Crippen LogP contribution >= 0.6 is 0 Å². The first-order valence-electron chi connectivity index (χ1n) is 41.3. The molecule has 0 unspecified atom stereocenters. The summed E-state index contributed by atoms with van der Waals surface area (Å²) in [6, 6.07) is 68.7. The molecule has 8 bridgehead atoms. The molecule has 540 valence electrons. The lowest BCUT2D eigenvalue weighted by Gasteiger charge is -2.33. The predicted octanol–water partition coefficient (Wildman–Crippen LogP) is 29.1. The zero-order valence-corrected chi connectivity index (χ0v) is 64.2. The van der Waals surface area contributed by atoms with Gasteiger partial charge in [0.1, 0.15) is 0 Å². The van der Waals surface area contributed by atoms with Gasteiger partial charge in [0.15, 0.2) is 0 Å². The smallest absolute Gasteiger partial charge is 0.0977 e. The van der Waals surface area contributed by atoms with Crippen molar-refractivity contribution in [3.8, 4) is 78.1 Å². The first-order chi connectivity index (χ1) is 52.2. The number of hydrogen-bond donors (Lipinski definition) is 2. The van der Waals surface area contributed by atoms with Gasteiger partial charge in [-0.05, 0) is 167 Å². The van der Waals surface area contributed by atoms with E-state index in [1.807, 2.05) is 0 Å². The van der Waals surface area contributed by atoms with Crippen LogP contribution in [0.3, 0.4) is 0 Å². The molecule has 4 aromatic heterocycles. The van der Waals surface area contributed by atoms with Gasteiger partial charge in [-0.2, -0.15) is 0 Å². The zero-order valence-electron chi connectivity index (χ0n) is 64.2. The lowest BCUT2D eigenvalue weighted by Crippen LogP contribution is -2.25. The van der Waals surface area contributed by atoms with Crippen molar-refractivity contribution in [3.63, 3.8) is 0 Å². The van der Waals surface area contributed by atoms with E-state index in [1.165, 1.54) is 210 Å². The van der Waals surface area contributed by atoms with Crippen LogP contribution in [0.5, 0.6) is 0 Å². The molecule has 4 aliphatic rings. The molecule has 0 spiro atoms. The van der Waals surface area contributed by atoms with Crippen molar-refractivity contribution in [2.24, 2.45) is 0 Å². The Morgan fingerprint density at radius 3 is 1.08 bits per heavy atom. The molecular weight excluding hydrogens is 1290 g/mol. The standard InChI is InChI=1S/C100H110N6/c1-7-11-15-19-23-37-63-99(64-38-24-20-16-12-8-2)80-47-35-33-45-75(80)77-53-50-73(67-82(77)99)92-86-57-55-84(101-86)70(6)85-56-58-87(102-85)93(74-51-54-78-76-46-34-36-48-81(76)100(83(78)68-74,65-39-25-21-17-13-9-3)66-40-26-22-18-14-10-4)89-60-62-91(104-89)94(90-61-59-88(92)103-90)79-52-49-69(5)95-98(79)106-97(72-43-31-28-32-44-72)96(105-95)71-41-29-27-30-42-71/h27-36,41-62,67-68,101,104H,7-26,37-40,63-66H2,1-6H3. The fourth-order valence-corrected chi connectivity index (χ4v) is 18.7. The summed E-state index contributed by atoms with van der Waals surface area (Å²) in [6.07, 6.45) is 44.3. The lowest BCUT2D eigenvalue weighted by atomic mass is 9.70. The van der Waals surface area contributed by atoms with Gasteiger partial charge >= 0.3 is 0 Å². The molecule has 0 radical (unpaired) electrons. The maximum absolute atomic E-state index is 6.02.